The third-order valence-electron chi connectivity index (χ3n) is 3.44. The standard InChI is InChI=1S/C17H15N5O4S/c1-2-8-21-16(14-7-4-9-26-14)19-20-17(21)27-11-15(23)18-12-5-3-6-13(10-12)22(24)25/h2-7,9-10H,1,8,11H2,(H,18,23). The highest BCUT2D eigenvalue weighted by Crippen LogP contribution is 2.25. The molecule has 0 fully saturated rings. The van der Waals surface area contributed by atoms with Crippen LogP contribution in [-0.4, -0.2) is 31.3 Å². The molecule has 1 aromatic carbocycles. The van der Waals surface area contributed by atoms with E-state index in [1.807, 2.05) is 0 Å². The van der Waals surface area contributed by atoms with Gasteiger partial charge < -0.3 is 9.73 Å². The van der Waals surface area contributed by atoms with Crippen LogP contribution in [-0.2, 0) is 11.3 Å². The molecule has 10 heteroatoms. The average molecular weight is 385 g/mol. The zero-order valence-electron chi connectivity index (χ0n) is 14.1. The van der Waals surface area contributed by atoms with Crippen LogP contribution in [0.15, 0.2) is 64.9 Å². The van der Waals surface area contributed by atoms with Gasteiger partial charge in [0.25, 0.3) is 5.69 Å². The topological polar surface area (TPSA) is 116 Å². The molecule has 0 bridgehead atoms. The van der Waals surface area contributed by atoms with Gasteiger partial charge in [-0.15, -0.1) is 16.8 Å². The Morgan fingerprint density at radius 2 is 2.22 bits per heavy atom. The molecule has 138 valence electrons. The summed E-state index contributed by atoms with van der Waals surface area (Å²) in [6.07, 6.45) is 3.24. The lowest BCUT2D eigenvalue weighted by atomic mass is 10.3. The third-order valence-corrected chi connectivity index (χ3v) is 4.41. The van der Waals surface area contributed by atoms with Gasteiger partial charge in [0.15, 0.2) is 10.9 Å². The highest BCUT2D eigenvalue weighted by Gasteiger charge is 2.17. The predicted octanol–water partition coefficient (Wildman–Crippen LogP) is 3.36. The highest BCUT2D eigenvalue weighted by atomic mass is 32.2. The van der Waals surface area contributed by atoms with Gasteiger partial charge in [0.05, 0.1) is 16.9 Å². The fraction of sp³-hybridized carbons (Fsp3) is 0.118. The Bertz CT molecular complexity index is 968. The summed E-state index contributed by atoms with van der Waals surface area (Å²) in [5, 5.41) is 22.2. The van der Waals surface area contributed by atoms with E-state index in [9.17, 15) is 14.9 Å². The molecule has 0 atom stereocenters. The summed E-state index contributed by atoms with van der Waals surface area (Å²) >= 11 is 1.20. The SMILES string of the molecule is C=CCn1c(SCC(=O)Nc2cccc([N+](=O)[O-])c2)nnc1-c1ccco1. The summed E-state index contributed by atoms with van der Waals surface area (Å²) in [4.78, 5) is 22.5. The monoisotopic (exact) mass is 385 g/mol. The molecule has 0 spiro atoms. The van der Waals surface area contributed by atoms with Crippen LogP contribution in [0.5, 0.6) is 0 Å². The first-order chi connectivity index (χ1) is 13.1. The van der Waals surface area contributed by atoms with E-state index in [4.69, 9.17) is 4.42 Å². The smallest absolute Gasteiger partial charge is 0.271 e. The summed E-state index contributed by atoms with van der Waals surface area (Å²) in [5.41, 5.74) is 0.271. The van der Waals surface area contributed by atoms with Crippen molar-refractivity contribution in [2.45, 2.75) is 11.7 Å². The van der Waals surface area contributed by atoms with Gasteiger partial charge in [-0.1, -0.05) is 23.9 Å². The zero-order chi connectivity index (χ0) is 19.2. The number of furan rings is 1. The minimum atomic E-state index is -0.516. The number of hydrogen-bond donors (Lipinski definition) is 1. The number of carbonyl (C=O) groups excluding carboxylic acids is 1. The van der Waals surface area contributed by atoms with Gasteiger partial charge in [-0.25, -0.2) is 0 Å². The van der Waals surface area contributed by atoms with E-state index in [1.54, 1.807) is 35.1 Å². The number of nitro benzene ring substituents is 1. The van der Waals surface area contributed by atoms with Crippen molar-refractivity contribution in [3.05, 3.63) is 65.4 Å². The molecule has 3 aromatic rings. The van der Waals surface area contributed by atoms with E-state index in [2.05, 4.69) is 22.1 Å². The molecule has 27 heavy (non-hydrogen) atoms. The Hall–Kier alpha value is -3.40. The van der Waals surface area contributed by atoms with Gasteiger partial charge in [0.1, 0.15) is 0 Å². The second-order valence-electron chi connectivity index (χ2n) is 5.33. The van der Waals surface area contributed by atoms with E-state index >= 15 is 0 Å². The lowest BCUT2D eigenvalue weighted by Gasteiger charge is -2.07. The number of hydrogen-bond acceptors (Lipinski definition) is 7. The largest absolute Gasteiger partial charge is 0.461 e. The Kier molecular flexibility index (Phi) is 5.67. The summed E-state index contributed by atoms with van der Waals surface area (Å²) in [5.74, 6) is 0.864. The minimum Gasteiger partial charge on any atom is -0.461 e. The van der Waals surface area contributed by atoms with Crippen LogP contribution >= 0.6 is 11.8 Å². The summed E-state index contributed by atoms with van der Waals surface area (Å²) in [6.45, 7) is 4.18. The Morgan fingerprint density at radius 1 is 1.37 bits per heavy atom. The molecule has 0 aliphatic rings. The molecule has 3 rings (SSSR count). The van der Waals surface area contributed by atoms with Crippen LogP contribution in [0.25, 0.3) is 11.6 Å². The molecule has 0 saturated heterocycles. The first-order valence-electron chi connectivity index (χ1n) is 7.83. The van der Waals surface area contributed by atoms with Crippen molar-refractivity contribution < 1.29 is 14.1 Å². The van der Waals surface area contributed by atoms with Crippen molar-refractivity contribution in [3.63, 3.8) is 0 Å². The van der Waals surface area contributed by atoms with Crippen LogP contribution in [0.3, 0.4) is 0 Å². The summed E-state index contributed by atoms with van der Waals surface area (Å²) in [7, 11) is 0. The quantitative estimate of drug-likeness (QED) is 0.273. The molecule has 1 N–H and O–H groups in total. The van der Waals surface area contributed by atoms with Crippen LogP contribution in [0.4, 0.5) is 11.4 Å². The number of nitrogens with zero attached hydrogens (tertiary/aromatic N) is 4. The third kappa shape index (κ3) is 4.42. The lowest BCUT2D eigenvalue weighted by Crippen LogP contribution is -2.14. The molecule has 2 heterocycles. The zero-order valence-corrected chi connectivity index (χ0v) is 14.9. The molecule has 9 nitrogen and oxygen atoms in total. The number of thioether (sulfide) groups is 1. The number of carbonyl (C=O) groups is 1. The number of anilines is 1. The second kappa shape index (κ2) is 8.32. The Labute approximate surface area is 158 Å². The molecule has 0 unspecified atom stereocenters. The molecule has 0 aliphatic carbocycles. The van der Waals surface area contributed by atoms with E-state index < -0.39 is 4.92 Å². The molecule has 1 amide bonds. The number of rotatable bonds is 8. The summed E-state index contributed by atoms with van der Waals surface area (Å²) in [6, 6.07) is 9.28. The number of nitrogens with one attached hydrogen (secondary N) is 1. The number of amides is 1. The van der Waals surface area contributed by atoms with Gasteiger partial charge in [-0.3, -0.25) is 19.5 Å². The van der Waals surface area contributed by atoms with Gasteiger partial charge in [0, 0.05) is 24.4 Å². The number of aromatic nitrogens is 3. The normalized spacial score (nSPS) is 10.5. The highest BCUT2D eigenvalue weighted by molar-refractivity contribution is 7.99. The van der Waals surface area contributed by atoms with Crippen molar-refractivity contribution >= 4 is 29.0 Å². The molecule has 2 aromatic heterocycles. The number of non-ortho nitro benzene ring substituents is 1. The van der Waals surface area contributed by atoms with Crippen molar-refractivity contribution in [3.8, 4) is 11.6 Å². The van der Waals surface area contributed by atoms with E-state index in [-0.39, 0.29) is 17.3 Å². The van der Waals surface area contributed by atoms with Gasteiger partial charge in [0.2, 0.25) is 11.7 Å². The summed E-state index contributed by atoms with van der Waals surface area (Å²) < 4.78 is 7.14. The molecular weight excluding hydrogens is 370 g/mol. The lowest BCUT2D eigenvalue weighted by molar-refractivity contribution is -0.384. The maximum Gasteiger partial charge on any atom is 0.271 e. The maximum absolute atomic E-state index is 12.2. The first-order valence-corrected chi connectivity index (χ1v) is 8.82. The van der Waals surface area contributed by atoms with Gasteiger partial charge in [-0.2, -0.15) is 0 Å². The molecule has 0 saturated carbocycles. The van der Waals surface area contributed by atoms with Crippen LogP contribution < -0.4 is 5.32 Å². The average Bonchev–Trinajstić information content (AvgIpc) is 3.30. The molecular formula is C17H15N5O4S. The van der Waals surface area contributed by atoms with E-state index in [0.29, 0.717) is 29.0 Å². The number of allylic oxidation sites excluding steroid dienone is 1. The maximum atomic E-state index is 12.2. The van der Waals surface area contributed by atoms with Crippen LogP contribution in [0.2, 0.25) is 0 Å². The second-order valence-corrected chi connectivity index (χ2v) is 6.27. The van der Waals surface area contributed by atoms with Crippen LogP contribution in [0.1, 0.15) is 0 Å². The molecule has 0 aliphatic heterocycles. The fourth-order valence-corrected chi connectivity index (χ4v) is 3.05. The number of benzene rings is 1. The fourth-order valence-electron chi connectivity index (χ4n) is 2.30. The minimum absolute atomic E-state index is 0.0656. The van der Waals surface area contributed by atoms with Crippen molar-refractivity contribution in [1.29, 1.82) is 0 Å². The Balaban J connectivity index is 1.68. The van der Waals surface area contributed by atoms with Gasteiger partial charge in [-0.05, 0) is 18.2 Å². The predicted molar refractivity (Wildman–Crippen MR) is 100 cm³/mol. The van der Waals surface area contributed by atoms with Gasteiger partial charge >= 0.3 is 0 Å². The first kappa shape index (κ1) is 18.4. The molecule has 0 radical (unpaired) electrons. The van der Waals surface area contributed by atoms with Crippen molar-refractivity contribution in [2.75, 3.05) is 11.1 Å². The van der Waals surface area contributed by atoms with Crippen molar-refractivity contribution in [2.24, 2.45) is 0 Å². The Morgan fingerprint density at radius 3 is 2.93 bits per heavy atom. The van der Waals surface area contributed by atoms with E-state index in [1.165, 1.54) is 30.0 Å². The van der Waals surface area contributed by atoms with Crippen molar-refractivity contribution in [1.82, 2.24) is 14.8 Å². The number of nitro groups is 1. The van der Waals surface area contributed by atoms with E-state index in [0.717, 1.165) is 0 Å². The van der Waals surface area contributed by atoms with Crippen LogP contribution in [0, 0.1) is 10.1 Å².